The summed E-state index contributed by atoms with van der Waals surface area (Å²) < 4.78 is 0. The third kappa shape index (κ3) is 5.70. The van der Waals surface area contributed by atoms with Gasteiger partial charge in [0.25, 0.3) is 0 Å². The van der Waals surface area contributed by atoms with Gasteiger partial charge in [-0.25, -0.2) is 0 Å². The van der Waals surface area contributed by atoms with Crippen molar-refractivity contribution in [3.8, 4) is 0 Å². The number of aromatic nitrogens is 1. The molecule has 2 heterocycles. The molecule has 1 aliphatic rings. The second kappa shape index (κ2) is 8.28. The summed E-state index contributed by atoms with van der Waals surface area (Å²) in [5, 5.41) is 3.64. The van der Waals surface area contributed by atoms with E-state index in [2.05, 4.69) is 34.3 Å². The van der Waals surface area contributed by atoms with Crippen LogP contribution in [0.2, 0.25) is 0 Å². The Bertz CT molecular complexity index is 331. The molecule has 0 amide bonds. The van der Waals surface area contributed by atoms with E-state index in [1.807, 2.05) is 12.4 Å². The quantitative estimate of drug-likeness (QED) is 0.852. The number of hydrogen-bond donors (Lipinski definition) is 1. The maximum Gasteiger partial charge on any atom is 0.0270 e. The van der Waals surface area contributed by atoms with E-state index in [0.717, 1.165) is 13.0 Å². The topological polar surface area (TPSA) is 28.2 Å². The molecule has 2 rings (SSSR count). The molecule has 0 aromatic carbocycles. The van der Waals surface area contributed by atoms with Crippen molar-refractivity contribution in [2.75, 3.05) is 26.2 Å². The van der Waals surface area contributed by atoms with E-state index < -0.39 is 0 Å². The molecule has 0 radical (unpaired) electrons. The molecule has 0 aliphatic carbocycles. The molecule has 19 heavy (non-hydrogen) atoms. The molecule has 1 N–H and O–H groups in total. The van der Waals surface area contributed by atoms with Gasteiger partial charge in [-0.1, -0.05) is 12.8 Å². The van der Waals surface area contributed by atoms with Gasteiger partial charge in [0.15, 0.2) is 0 Å². The fourth-order valence-electron chi connectivity index (χ4n) is 2.78. The summed E-state index contributed by atoms with van der Waals surface area (Å²) in [6, 6.07) is 4.78. The van der Waals surface area contributed by atoms with Gasteiger partial charge >= 0.3 is 0 Å². The van der Waals surface area contributed by atoms with Crippen LogP contribution in [0.25, 0.3) is 0 Å². The number of nitrogens with one attached hydrogen (secondary N) is 1. The zero-order valence-electron chi connectivity index (χ0n) is 12.1. The van der Waals surface area contributed by atoms with Crippen molar-refractivity contribution in [2.24, 2.45) is 0 Å². The molecule has 0 bridgehead atoms. The highest BCUT2D eigenvalue weighted by molar-refractivity contribution is 5.09. The molecule has 1 atom stereocenters. The van der Waals surface area contributed by atoms with Crippen LogP contribution in [-0.2, 0) is 6.42 Å². The second-order valence-corrected chi connectivity index (χ2v) is 5.68. The Balaban J connectivity index is 1.62. The van der Waals surface area contributed by atoms with Crippen LogP contribution in [0.3, 0.4) is 0 Å². The second-order valence-electron chi connectivity index (χ2n) is 5.68. The highest BCUT2D eigenvalue weighted by Crippen LogP contribution is 2.09. The number of nitrogens with zero attached hydrogens (tertiary/aromatic N) is 2. The van der Waals surface area contributed by atoms with Crippen molar-refractivity contribution < 1.29 is 0 Å². The summed E-state index contributed by atoms with van der Waals surface area (Å²) in [7, 11) is 0. The Hall–Kier alpha value is -0.930. The van der Waals surface area contributed by atoms with Gasteiger partial charge in [0.2, 0.25) is 0 Å². The SMILES string of the molecule is CC(CN1CCCCCC1)NCCc1ccncc1. The van der Waals surface area contributed by atoms with Gasteiger partial charge in [0.1, 0.15) is 0 Å². The molecule has 1 aromatic rings. The van der Waals surface area contributed by atoms with Gasteiger partial charge in [0.05, 0.1) is 0 Å². The summed E-state index contributed by atoms with van der Waals surface area (Å²) >= 11 is 0. The van der Waals surface area contributed by atoms with Crippen molar-refractivity contribution >= 4 is 0 Å². The predicted octanol–water partition coefficient (Wildman–Crippen LogP) is 2.48. The molecular weight excluding hydrogens is 234 g/mol. The molecule has 0 spiro atoms. The molecule has 1 aliphatic heterocycles. The lowest BCUT2D eigenvalue weighted by atomic mass is 10.2. The normalized spacial score (nSPS) is 19.0. The highest BCUT2D eigenvalue weighted by atomic mass is 15.1. The first-order chi connectivity index (χ1) is 9.34. The fourth-order valence-corrected chi connectivity index (χ4v) is 2.78. The Morgan fingerprint density at radius 3 is 2.53 bits per heavy atom. The summed E-state index contributed by atoms with van der Waals surface area (Å²) in [6.45, 7) is 7.12. The van der Waals surface area contributed by atoms with Gasteiger partial charge < -0.3 is 10.2 Å². The maximum absolute atomic E-state index is 4.05. The number of rotatable bonds is 6. The fraction of sp³-hybridized carbons (Fsp3) is 0.688. The summed E-state index contributed by atoms with van der Waals surface area (Å²) in [4.78, 5) is 6.67. The van der Waals surface area contributed by atoms with Gasteiger partial charge in [-0.3, -0.25) is 4.98 Å². The molecule has 3 heteroatoms. The van der Waals surface area contributed by atoms with Crippen molar-refractivity contribution in [1.29, 1.82) is 0 Å². The van der Waals surface area contributed by atoms with E-state index in [4.69, 9.17) is 0 Å². The third-order valence-electron chi connectivity index (χ3n) is 3.89. The lowest BCUT2D eigenvalue weighted by Crippen LogP contribution is -2.40. The third-order valence-corrected chi connectivity index (χ3v) is 3.89. The molecule has 1 unspecified atom stereocenters. The van der Waals surface area contributed by atoms with Crippen LogP contribution >= 0.6 is 0 Å². The van der Waals surface area contributed by atoms with Crippen LogP contribution in [0.1, 0.15) is 38.2 Å². The highest BCUT2D eigenvalue weighted by Gasteiger charge is 2.11. The monoisotopic (exact) mass is 261 g/mol. The molecule has 3 nitrogen and oxygen atoms in total. The van der Waals surface area contributed by atoms with E-state index in [1.165, 1.54) is 50.9 Å². The summed E-state index contributed by atoms with van der Waals surface area (Å²) in [5.74, 6) is 0. The minimum absolute atomic E-state index is 0.583. The molecule has 1 aromatic heterocycles. The summed E-state index contributed by atoms with van der Waals surface area (Å²) in [5.41, 5.74) is 1.37. The van der Waals surface area contributed by atoms with E-state index in [0.29, 0.717) is 6.04 Å². The molecule has 1 saturated heterocycles. The Labute approximate surface area is 117 Å². The van der Waals surface area contributed by atoms with Crippen LogP contribution in [-0.4, -0.2) is 42.1 Å². The Kier molecular flexibility index (Phi) is 6.31. The van der Waals surface area contributed by atoms with Crippen LogP contribution in [0, 0.1) is 0 Å². The van der Waals surface area contributed by atoms with Crippen molar-refractivity contribution in [3.05, 3.63) is 30.1 Å². The largest absolute Gasteiger partial charge is 0.313 e. The van der Waals surface area contributed by atoms with E-state index in [1.54, 1.807) is 0 Å². The lowest BCUT2D eigenvalue weighted by Gasteiger charge is -2.24. The van der Waals surface area contributed by atoms with Crippen LogP contribution in [0.5, 0.6) is 0 Å². The zero-order valence-corrected chi connectivity index (χ0v) is 12.1. The first-order valence-corrected chi connectivity index (χ1v) is 7.69. The average Bonchev–Trinajstić information content (AvgIpc) is 2.68. The van der Waals surface area contributed by atoms with E-state index in [9.17, 15) is 0 Å². The Morgan fingerprint density at radius 2 is 1.84 bits per heavy atom. The van der Waals surface area contributed by atoms with Crippen molar-refractivity contribution in [3.63, 3.8) is 0 Å². The molecular formula is C16H27N3. The summed E-state index contributed by atoms with van der Waals surface area (Å²) in [6.07, 6.45) is 10.4. The van der Waals surface area contributed by atoms with Gasteiger partial charge in [0, 0.05) is 25.0 Å². The van der Waals surface area contributed by atoms with Gasteiger partial charge in [-0.05, 0) is 63.5 Å². The molecule has 1 fully saturated rings. The van der Waals surface area contributed by atoms with Crippen LogP contribution in [0.4, 0.5) is 0 Å². The number of hydrogen-bond acceptors (Lipinski definition) is 3. The average molecular weight is 261 g/mol. The lowest BCUT2D eigenvalue weighted by molar-refractivity contribution is 0.256. The van der Waals surface area contributed by atoms with E-state index in [-0.39, 0.29) is 0 Å². The zero-order chi connectivity index (χ0) is 13.3. The first kappa shape index (κ1) is 14.5. The van der Waals surface area contributed by atoms with Crippen molar-refractivity contribution in [1.82, 2.24) is 15.2 Å². The Morgan fingerprint density at radius 1 is 1.16 bits per heavy atom. The van der Waals surface area contributed by atoms with Crippen LogP contribution in [0.15, 0.2) is 24.5 Å². The predicted molar refractivity (Wildman–Crippen MR) is 80.3 cm³/mol. The maximum atomic E-state index is 4.05. The minimum atomic E-state index is 0.583. The van der Waals surface area contributed by atoms with Gasteiger partial charge in [-0.2, -0.15) is 0 Å². The van der Waals surface area contributed by atoms with Crippen molar-refractivity contribution in [2.45, 2.75) is 45.1 Å². The number of pyridine rings is 1. The first-order valence-electron chi connectivity index (χ1n) is 7.69. The van der Waals surface area contributed by atoms with Crippen LogP contribution < -0.4 is 5.32 Å². The minimum Gasteiger partial charge on any atom is -0.313 e. The molecule has 106 valence electrons. The smallest absolute Gasteiger partial charge is 0.0270 e. The van der Waals surface area contributed by atoms with Gasteiger partial charge in [-0.15, -0.1) is 0 Å². The standard InChI is InChI=1S/C16H27N3/c1-15(14-19-12-4-2-3-5-13-19)18-11-8-16-6-9-17-10-7-16/h6-7,9-10,15,18H,2-5,8,11-14H2,1H3. The number of likely N-dealkylation sites (tertiary alicyclic amines) is 1. The van der Waals surface area contributed by atoms with E-state index >= 15 is 0 Å². The molecule has 0 saturated carbocycles.